The fraction of sp³-hybridized carbons (Fsp3) is 0.300. The number of hydrogen-bond acceptors (Lipinski definition) is 5. The summed E-state index contributed by atoms with van der Waals surface area (Å²) in [7, 11) is -2.21. The largest absolute Gasteiger partial charge is 0.494 e. The highest BCUT2D eigenvalue weighted by atomic mass is 32.2. The first kappa shape index (κ1) is 22.4. The molecule has 0 bridgehead atoms. The van der Waals surface area contributed by atoms with E-state index in [4.69, 9.17) is 4.74 Å². The number of hydrogen-bond donors (Lipinski definition) is 3. The van der Waals surface area contributed by atoms with E-state index in [2.05, 4.69) is 22.3 Å². The molecule has 0 saturated heterocycles. The molecule has 2 aromatic carbocycles. The first-order valence-corrected chi connectivity index (χ1v) is 10.7. The number of amides is 2. The normalized spacial score (nSPS) is 11.0. The van der Waals surface area contributed by atoms with Crippen molar-refractivity contribution in [1.29, 1.82) is 0 Å². The van der Waals surface area contributed by atoms with Crippen LogP contribution >= 0.6 is 0 Å². The van der Waals surface area contributed by atoms with Crippen molar-refractivity contribution in [3.63, 3.8) is 0 Å². The second kappa shape index (κ2) is 10.6. The number of nitrogens with one attached hydrogen (secondary N) is 3. The first-order chi connectivity index (χ1) is 13.9. The van der Waals surface area contributed by atoms with Gasteiger partial charge in [0.05, 0.1) is 18.0 Å². The summed E-state index contributed by atoms with van der Waals surface area (Å²) >= 11 is 0. The lowest BCUT2D eigenvalue weighted by molar-refractivity contribution is -0.115. The summed E-state index contributed by atoms with van der Waals surface area (Å²) in [6, 6.07) is 12.4. The van der Waals surface area contributed by atoms with Crippen LogP contribution in [0.25, 0.3) is 0 Å². The second-order valence-corrected chi connectivity index (χ2v) is 8.08. The number of carbonyl (C=O) groups is 2. The first-order valence-electron chi connectivity index (χ1n) is 9.20. The molecule has 29 heavy (non-hydrogen) atoms. The van der Waals surface area contributed by atoms with Gasteiger partial charge in [0.25, 0.3) is 5.91 Å². The zero-order chi connectivity index (χ0) is 21.3. The molecule has 0 spiro atoms. The minimum atomic E-state index is -3.53. The minimum Gasteiger partial charge on any atom is -0.494 e. The summed E-state index contributed by atoms with van der Waals surface area (Å²) in [6.45, 7) is 2.49. The van der Waals surface area contributed by atoms with Crippen LogP contribution in [0.1, 0.15) is 30.1 Å². The van der Waals surface area contributed by atoms with Gasteiger partial charge < -0.3 is 15.4 Å². The Morgan fingerprint density at radius 1 is 1.00 bits per heavy atom. The van der Waals surface area contributed by atoms with Crippen molar-refractivity contribution in [3.8, 4) is 5.75 Å². The van der Waals surface area contributed by atoms with Crippen LogP contribution in [0.3, 0.4) is 0 Å². The third-order valence-electron chi connectivity index (χ3n) is 4.01. The summed E-state index contributed by atoms with van der Waals surface area (Å²) in [6.07, 6.45) is 2.01. The average Bonchev–Trinajstić information content (AvgIpc) is 2.73. The third-order valence-corrected chi connectivity index (χ3v) is 5.44. The molecule has 0 heterocycles. The fourth-order valence-electron chi connectivity index (χ4n) is 2.34. The van der Waals surface area contributed by atoms with Gasteiger partial charge in [-0.2, -0.15) is 0 Å². The molecule has 9 heteroatoms. The van der Waals surface area contributed by atoms with Crippen LogP contribution in [-0.4, -0.2) is 40.4 Å². The van der Waals surface area contributed by atoms with Crippen molar-refractivity contribution in [2.45, 2.75) is 24.7 Å². The molecule has 0 aromatic heterocycles. The molecule has 2 amide bonds. The molecule has 0 aliphatic heterocycles. The summed E-state index contributed by atoms with van der Waals surface area (Å²) in [5, 5.41) is 5.13. The number of benzene rings is 2. The molecule has 0 aliphatic rings. The highest BCUT2D eigenvalue weighted by Crippen LogP contribution is 2.14. The van der Waals surface area contributed by atoms with Gasteiger partial charge in [0, 0.05) is 11.3 Å². The number of sulfonamides is 1. The van der Waals surface area contributed by atoms with Crippen LogP contribution in [0.5, 0.6) is 5.75 Å². The zero-order valence-electron chi connectivity index (χ0n) is 16.4. The van der Waals surface area contributed by atoms with Crippen LogP contribution in [-0.2, 0) is 14.8 Å². The van der Waals surface area contributed by atoms with Crippen molar-refractivity contribution < 1.29 is 22.7 Å². The molecule has 156 valence electrons. The SMILES string of the molecule is CCCCOc1ccc(C(=O)NCC(=O)Nc2ccc(S(=O)(=O)NC)cc2)cc1. The Bertz CT molecular complexity index is 926. The quantitative estimate of drug-likeness (QED) is 0.511. The van der Waals surface area contributed by atoms with Gasteiger partial charge in [-0.15, -0.1) is 0 Å². The van der Waals surface area contributed by atoms with Crippen LogP contribution in [0.4, 0.5) is 5.69 Å². The Morgan fingerprint density at radius 2 is 1.66 bits per heavy atom. The number of rotatable bonds is 10. The lowest BCUT2D eigenvalue weighted by Crippen LogP contribution is -2.32. The number of unbranched alkanes of at least 4 members (excludes halogenated alkanes) is 1. The van der Waals surface area contributed by atoms with E-state index in [0.29, 0.717) is 23.6 Å². The van der Waals surface area contributed by atoms with Gasteiger partial charge >= 0.3 is 0 Å². The van der Waals surface area contributed by atoms with Gasteiger partial charge in [0.15, 0.2) is 0 Å². The van der Waals surface area contributed by atoms with Crippen LogP contribution in [0.15, 0.2) is 53.4 Å². The second-order valence-electron chi connectivity index (χ2n) is 6.19. The smallest absolute Gasteiger partial charge is 0.251 e. The topological polar surface area (TPSA) is 114 Å². The lowest BCUT2D eigenvalue weighted by Gasteiger charge is -2.09. The predicted octanol–water partition coefficient (Wildman–Crippen LogP) is 2.14. The average molecular weight is 420 g/mol. The lowest BCUT2D eigenvalue weighted by atomic mass is 10.2. The zero-order valence-corrected chi connectivity index (χ0v) is 17.2. The van der Waals surface area contributed by atoms with Crippen LogP contribution in [0, 0.1) is 0 Å². The molecule has 3 N–H and O–H groups in total. The van der Waals surface area contributed by atoms with Gasteiger partial charge in [-0.1, -0.05) is 13.3 Å². The minimum absolute atomic E-state index is 0.0911. The molecule has 0 radical (unpaired) electrons. The van der Waals surface area contributed by atoms with E-state index in [1.54, 1.807) is 24.3 Å². The molecule has 2 aromatic rings. The molecular formula is C20H25N3O5S. The van der Waals surface area contributed by atoms with Gasteiger partial charge in [0.1, 0.15) is 5.75 Å². The Kier molecular flexibility index (Phi) is 8.17. The van der Waals surface area contributed by atoms with Crippen molar-refractivity contribution in [2.75, 3.05) is 25.5 Å². The van der Waals surface area contributed by atoms with Crippen LogP contribution < -0.4 is 20.1 Å². The molecule has 8 nitrogen and oxygen atoms in total. The third kappa shape index (κ3) is 6.88. The summed E-state index contributed by atoms with van der Waals surface area (Å²) < 4.78 is 31.1. The molecule has 2 rings (SSSR count). The van der Waals surface area contributed by atoms with Gasteiger partial charge in [-0.25, -0.2) is 13.1 Å². The van der Waals surface area contributed by atoms with Gasteiger partial charge in [-0.05, 0) is 62.0 Å². The van der Waals surface area contributed by atoms with Crippen molar-refractivity contribution in [1.82, 2.24) is 10.0 Å². The Morgan fingerprint density at radius 3 is 2.24 bits per heavy atom. The van der Waals surface area contributed by atoms with E-state index < -0.39 is 15.9 Å². The van der Waals surface area contributed by atoms with E-state index >= 15 is 0 Å². The van der Waals surface area contributed by atoms with E-state index in [1.165, 1.54) is 31.3 Å². The van der Waals surface area contributed by atoms with Crippen molar-refractivity contribution >= 4 is 27.5 Å². The van der Waals surface area contributed by atoms with Crippen LogP contribution in [0.2, 0.25) is 0 Å². The Labute approximate surface area is 170 Å². The highest BCUT2D eigenvalue weighted by molar-refractivity contribution is 7.89. The summed E-state index contributed by atoms with van der Waals surface area (Å²) in [5.41, 5.74) is 0.843. The number of anilines is 1. The molecule has 0 aliphatic carbocycles. The van der Waals surface area contributed by atoms with Gasteiger partial charge in [0.2, 0.25) is 15.9 Å². The standard InChI is InChI=1S/C20H25N3O5S/c1-3-4-13-28-17-9-5-15(6-10-17)20(25)22-14-19(24)23-16-7-11-18(12-8-16)29(26,27)21-2/h5-12,21H,3-4,13-14H2,1-2H3,(H,22,25)(H,23,24). The Hall–Kier alpha value is -2.91. The fourth-order valence-corrected chi connectivity index (χ4v) is 3.07. The van der Waals surface area contributed by atoms with Crippen molar-refractivity contribution in [3.05, 3.63) is 54.1 Å². The maximum atomic E-state index is 12.2. The number of ether oxygens (including phenoxy) is 1. The van der Waals surface area contributed by atoms with E-state index in [1.807, 2.05) is 0 Å². The van der Waals surface area contributed by atoms with Gasteiger partial charge in [-0.3, -0.25) is 9.59 Å². The molecule has 0 atom stereocenters. The molecule has 0 unspecified atom stereocenters. The maximum absolute atomic E-state index is 12.2. The van der Waals surface area contributed by atoms with E-state index in [0.717, 1.165) is 12.8 Å². The predicted molar refractivity (Wildman–Crippen MR) is 110 cm³/mol. The Balaban J connectivity index is 1.83. The molecule has 0 saturated carbocycles. The highest BCUT2D eigenvalue weighted by Gasteiger charge is 2.12. The molecule has 0 fully saturated rings. The summed E-state index contributed by atoms with van der Waals surface area (Å²) in [5.74, 6) is -0.116. The monoisotopic (exact) mass is 419 g/mol. The van der Waals surface area contributed by atoms with E-state index in [-0.39, 0.29) is 17.3 Å². The number of carbonyl (C=O) groups excluding carboxylic acids is 2. The van der Waals surface area contributed by atoms with E-state index in [9.17, 15) is 18.0 Å². The molecular weight excluding hydrogens is 394 g/mol. The van der Waals surface area contributed by atoms with Crippen molar-refractivity contribution in [2.24, 2.45) is 0 Å². The maximum Gasteiger partial charge on any atom is 0.251 e. The summed E-state index contributed by atoms with van der Waals surface area (Å²) in [4.78, 5) is 24.3.